The lowest BCUT2D eigenvalue weighted by atomic mass is 9.93. The van der Waals surface area contributed by atoms with E-state index < -0.39 is 24.0 Å². The number of hydrogen-bond acceptors (Lipinski definition) is 14. The summed E-state index contributed by atoms with van der Waals surface area (Å²) in [5, 5.41) is 47.0. The smallest absolute Gasteiger partial charge is 0.376 e. The van der Waals surface area contributed by atoms with Crippen LogP contribution in [-0.2, 0) is 26.2 Å². The van der Waals surface area contributed by atoms with Crippen LogP contribution in [0.3, 0.4) is 0 Å². The number of amides is 4. The van der Waals surface area contributed by atoms with Crippen molar-refractivity contribution < 1.29 is 39.2 Å². The number of aromatic nitrogens is 4. The molecule has 3 aliphatic rings. The standard InChI is InChI=1S/C34H38ClN9O7.C2H5NO/c1-3-4-26-32(47)44(34(48,49)50)24-9-6-20(16-27(24)51-26)38-30-23(35)17-36-33(40-30)43-13-11-18(12-14-43)37-19-5-7-21-25(15-19)42(2)41-29(21)22-8-10-28(45)39-31(22)46;1-3-2-4/h5-7,9,15-18,22,26,37,48-50H,3-4,8,10-14H2,1-2H3,(H,36,38,40)(H,39,45,46);2H,1H3,(H,3,4). The molecule has 292 valence electrons. The van der Waals surface area contributed by atoms with Crippen LogP contribution in [0.2, 0.25) is 5.02 Å². The van der Waals surface area contributed by atoms with E-state index >= 15 is 0 Å². The normalized spacial score (nSPS) is 18.9. The Labute approximate surface area is 320 Å². The summed E-state index contributed by atoms with van der Waals surface area (Å²) in [6, 6.07) is 10.8. The highest BCUT2D eigenvalue weighted by atomic mass is 35.5. The molecule has 2 aromatic carbocycles. The molecule has 7 rings (SSSR count). The molecule has 4 aromatic rings. The molecular formula is C36H43ClN10O8. The van der Waals surface area contributed by atoms with Crippen LogP contribution in [0.25, 0.3) is 10.9 Å². The van der Waals surface area contributed by atoms with Gasteiger partial charge in [0.2, 0.25) is 24.2 Å². The Morgan fingerprint density at radius 3 is 2.47 bits per heavy atom. The molecule has 2 unspecified atom stereocenters. The number of anilines is 5. The van der Waals surface area contributed by atoms with E-state index in [-0.39, 0.29) is 34.3 Å². The van der Waals surface area contributed by atoms with Gasteiger partial charge in [-0.15, -0.1) is 0 Å². The zero-order chi connectivity index (χ0) is 39.4. The zero-order valence-electron chi connectivity index (χ0n) is 30.5. The first-order valence-corrected chi connectivity index (χ1v) is 18.2. The number of carbonyl (C=O) groups excluding carboxylic acids is 4. The van der Waals surface area contributed by atoms with Crippen molar-refractivity contribution in [3.05, 3.63) is 53.3 Å². The van der Waals surface area contributed by atoms with Gasteiger partial charge >= 0.3 is 6.10 Å². The molecule has 7 N–H and O–H groups in total. The van der Waals surface area contributed by atoms with Crippen molar-refractivity contribution >= 4 is 75.5 Å². The van der Waals surface area contributed by atoms with Crippen LogP contribution >= 0.6 is 11.6 Å². The van der Waals surface area contributed by atoms with Crippen molar-refractivity contribution in [1.82, 2.24) is 30.4 Å². The van der Waals surface area contributed by atoms with Gasteiger partial charge in [-0.25, -0.2) is 9.88 Å². The quantitative estimate of drug-likeness (QED) is 0.0695. The number of nitrogens with zero attached hydrogens (tertiary/aromatic N) is 6. The summed E-state index contributed by atoms with van der Waals surface area (Å²) in [5.74, 6) is -0.780. The second-order valence-electron chi connectivity index (χ2n) is 13.4. The van der Waals surface area contributed by atoms with Crippen LogP contribution in [0.15, 0.2) is 42.6 Å². The Hall–Kier alpha value is -5.56. The lowest BCUT2D eigenvalue weighted by molar-refractivity contribution is -0.307. The van der Waals surface area contributed by atoms with Crippen molar-refractivity contribution in [2.45, 2.75) is 69.6 Å². The number of benzene rings is 2. The van der Waals surface area contributed by atoms with E-state index in [1.807, 2.05) is 32.2 Å². The summed E-state index contributed by atoms with van der Waals surface area (Å²) in [7, 11) is 3.41. The number of halogens is 1. The van der Waals surface area contributed by atoms with Gasteiger partial charge in [-0.3, -0.25) is 29.2 Å². The molecule has 2 fully saturated rings. The third-order valence-corrected chi connectivity index (χ3v) is 9.80. The van der Waals surface area contributed by atoms with E-state index in [4.69, 9.17) is 21.1 Å². The molecule has 2 aromatic heterocycles. The van der Waals surface area contributed by atoms with Gasteiger partial charge in [-0.05, 0) is 56.0 Å². The monoisotopic (exact) mass is 778 g/mol. The average Bonchev–Trinajstić information content (AvgIpc) is 3.47. The first-order valence-electron chi connectivity index (χ1n) is 17.8. The molecule has 0 aliphatic carbocycles. The number of aliphatic hydroxyl groups is 3. The summed E-state index contributed by atoms with van der Waals surface area (Å²) >= 11 is 6.48. The van der Waals surface area contributed by atoms with Crippen LogP contribution in [0, 0.1) is 0 Å². The molecule has 19 heteroatoms. The molecule has 0 saturated carbocycles. The highest BCUT2D eigenvalue weighted by Gasteiger charge is 2.44. The van der Waals surface area contributed by atoms with Gasteiger partial charge in [-0.1, -0.05) is 24.9 Å². The summed E-state index contributed by atoms with van der Waals surface area (Å²) in [5.41, 5.74) is 3.01. The summed E-state index contributed by atoms with van der Waals surface area (Å²) in [4.78, 5) is 57.7. The lowest BCUT2D eigenvalue weighted by Gasteiger charge is -2.38. The van der Waals surface area contributed by atoms with Crippen molar-refractivity contribution in [2.75, 3.05) is 40.6 Å². The molecule has 18 nitrogen and oxygen atoms in total. The van der Waals surface area contributed by atoms with E-state index in [9.17, 15) is 29.7 Å². The molecule has 4 amide bonds. The molecule has 2 atom stereocenters. The van der Waals surface area contributed by atoms with Gasteiger partial charge in [0.25, 0.3) is 5.91 Å². The minimum absolute atomic E-state index is 0.00595. The third-order valence-electron chi connectivity index (χ3n) is 9.53. The topological polar surface area (TPSA) is 236 Å². The Kier molecular flexibility index (Phi) is 11.7. The van der Waals surface area contributed by atoms with Crippen LogP contribution in [0.4, 0.5) is 28.8 Å². The number of piperidine rings is 2. The van der Waals surface area contributed by atoms with Gasteiger partial charge in [0, 0.05) is 62.5 Å². The molecule has 5 heterocycles. The lowest BCUT2D eigenvalue weighted by Crippen LogP contribution is -2.58. The molecule has 55 heavy (non-hydrogen) atoms. The highest BCUT2D eigenvalue weighted by molar-refractivity contribution is 6.33. The minimum atomic E-state index is -3.40. The first kappa shape index (κ1) is 39.1. The second-order valence-corrected chi connectivity index (χ2v) is 13.8. The fraction of sp³-hybridized carbons (Fsp3) is 0.417. The fourth-order valence-electron chi connectivity index (χ4n) is 6.87. The average molecular weight is 779 g/mol. The van der Waals surface area contributed by atoms with Crippen LogP contribution in [0.5, 0.6) is 5.75 Å². The highest BCUT2D eigenvalue weighted by Crippen LogP contribution is 2.40. The van der Waals surface area contributed by atoms with Crippen LogP contribution < -0.4 is 35.8 Å². The number of carbonyl (C=O) groups is 4. The predicted octanol–water partition coefficient (Wildman–Crippen LogP) is 2.21. The Bertz CT molecular complexity index is 2080. The van der Waals surface area contributed by atoms with E-state index in [0.717, 1.165) is 29.4 Å². The van der Waals surface area contributed by atoms with Crippen molar-refractivity contribution in [1.29, 1.82) is 0 Å². The van der Waals surface area contributed by atoms with Crippen molar-refractivity contribution in [3.63, 3.8) is 0 Å². The van der Waals surface area contributed by atoms with E-state index in [1.54, 1.807) is 23.9 Å². The van der Waals surface area contributed by atoms with Crippen LogP contribution in [0.1, 0.15) is 57.1 Å². The molecular weight excluding hydrogens is 736 g/mol. The third kappa shape index (κ3) is 8.57. The number of fused-ring (bicyclic) bond motifs is 2. The molecule has 0 radical (unpaired) electrons. The largest absolute Gasteiger partial charge is 0.478 e. The maximum absolute atomic E-state index is 12.8. The molecule has 2 saturated heterocycles. The Morgan fingerprint density at radius 1 is 1.07 bits per heavy atom. The number of imide groups is 1. The summed E-state index contributed by atoms with van der Waals surface area (Å²) in [6.45, 7) is 3.23. The second kappa shape index (κ2) is 16.4. The van der Waals surface area contributed by atoms with Gasteiger partial charge < -0.3 is 40.9 Å². The van der Waals surface area contributed by atoms with Gasteiger partial charge in [-0.2, -0.15) is 10.1 Å². The van der Waals surface area contributed by atoms with E-state index in [0.29, 0.717) is 73.2 Å². The van der Waals surface area contributed by atoms with E-state index in [1.165, 1.54) is 12.3 Å². The maximum Gasteiger partial charge on any atom is 0.376 e. The maximum atomic E-state index is 12.8. The van der Waals surface area contributed by atoms with Gasteiger partial charge in [0.05, 0.1) is 29.0 Å². The number of aryl methyl sites for hydroxylation is 1. The van der Waals surface area contributed by atoms with Gasteiger partial charge in [0.1, 0.15) is 10.8 Å². The Balaban J connectivity index is 0.00000123. The summed E-state index contributed by atoms with van der Waals surface area (Å²) in [6.07, 6.45) is 1.01. The SMILES string of the molecule is CCCC1Oc2cc(Nc3nc(N4CCC(Nc5ccc6c(C7CCC(=O)NC7=O)nn(C)c6c5)CC4)ncc3Cl)ccc2N(C(O)(O)O)C1=O.CNC=O. The van der Waals surface area contributed by atoms with Crippen LogP contribution in [-0.4, -0.2) is 97.6 Å². The van der Waals surface area contributed by atoms with E-state index in [2.05, 4.69) is 41.2 Å². The number of nitrogens with one attached hydrogen (secondary N) is 4. The number of ether oxygens (including phenoxy) is 1. The van der Waals surface area contributed by atoms with Crippen molar-refractivity contribution in [3.8, 4) is 5.75 Å². The minimum Gasteiger partial charge on any atom is -0.478 e. The number of rotatable bonds is 10. The van der Waals surface area contributed by atoms with Gasteiger partial charge in [0.15, 0.2) is 11.9 Å². The molecule has 0 spiro atoms. The predicted molar refractivity (Wildman–Crippen MR) is 203 cm³/mol. The fourth-order valence-corrected chi connectivity index (χ4v) is 7.01. The number of hydrogen-bond donors (Lipinski definition) is 7. The summed E-state index contributed by atoms with van der Waals surface area (Å²) < 4.78 is 7.65. The zero-order valence-corrected chi connectivity index (χ0v) is 31.2. The first-order chi connectivity index (χ1) is 26.3. The molecule has 0 bridgehead atoms. The molecule has 3 aliphatic heterocycles. The van der Waals surface area contributed by atoms with Crippen molar-refractivity contribution in [2.24, 2.45) is 7.05 Å². The Morgan fingerprint density at radius 2 is 1.80 bits per heavy atom.